The molecule has 0 radical (unpaired) electrons. The van der Waals surface area contributed by atoms with Gasteiger partial charge >= 0.3 is 0 Å². The summed E-state index contributed by atoms with van der Waals surface area (Å²) >= 11 is 0. The molecule has 1 saturated heterocycles. The van der Waals surface area contributed by atoms with Crippen LogP contribution in [0.15, 0.2) is 67.0 Å². The van der Waals surface area contributed by atoms with Crippen LogP contribution in [0.2, 0.25) is 0 Å². The topological polar surface area (TPSA) is 45.6 Å². The molecule has 0 spiro atoms. The number of piperidine rings is 1. The number of rotatable bonds is 5. The molecule has 0 bridgehead atoms. The Morgan fingerprint density at radius 1 is 1.18 bits per heavy atom. The van der Waals surface area contributed by atoms with Gasteiger partial charge in [0.25, 0.3) is 0 Å². The Hall–Kier alpha value is -2.76. The third kappa shape index (κ3) is 4.38. The highest BCUT2D eigenvalue weighted by Crippen LogP contribution is 2.27. The van der Waals surface area contributed by atoms with E-state index in [9.17, 15) is 9.50 Å². The predicted molar refractivity (Wildman–Crippen MR) is 109 cm³/mol. The molecule has 0 saturated carbocycles. The maximum atomic E-state index is 12.9. The molecule has 4 rings (SSSR count). The summed E-state index contributed by atoms with van der Waals surface area (Å²) in [4.78, 5) is 6.34. The van der Waals surface area contributed by atoms with E-state index in [0.717, 1.165) is 41.6 Å². The van der Waals surface area contributed by atoms with Crippen molar-refractivity contribution >= 4 is 16.8 Å². The Morgan fingerprint density at radius 2 is 2.04 bits per heavy atom. The van der Waals surface area contributed by atoms with Crippen molar-refractivity contribution < 1.29 is 14.2 Å². The fourth-order valence-electron chi connectivity index (χ4n) is 3.55. The summed E-state index contributed by atoms with van der Waals surface area (Å²) in [5.74, 6) is 0.554. The number of hydrogen-bond donors (Lipinski definition) is 1. The average molecular weight is 378 g/mol. The predicted octanol–water partition coefficient (Wildman–Crippen LogP) is 3.90. The fourth-order valence-corrected chi connectivity index (χ4v) is 3.55. The lowest BCUT2D eigenvalue weighted by Gasteiger charge is -2.35. The van der Waals surface area contributed by atoms with Crippen molar-refractivity contribution in [2.45, 2.75) is 18.6 Å². The molecule has 0 unspecified atom stereocenters. The van der Waals surface area contributed by atoms with E-state index in [2.05, 4.69) is 9.88 Å². The number of β-amino-alcohol motifs (C(OH)–C–C–N with tert-alkyl or cyclic N) is 1. The van der Waals surface area contributed by atoms with Gasteiger partial charge in [-0.25, -0.2) is 4.39 Å². The van der Waals surface area contributed by atoms with Crippen molar-refractivity contribution in [3.8, 4) is 5.75 Å². The zero-order chi connectivity index (χ0) is 19.3. The smallest absolute Gasteiger partial charge is 0.127 e. The Bertz CT molecular complexity index is 953. The zero-order valence-corrected chi connectivity index (χ0v) is 15.5. The van der Waals surface area contributed by atoms with Crippen molar-refractivity contribution in [3.05, 3.63) is 78.4 Å². The van der Waals surface area contributed by atoms with Crippen molar-refractivity contribution in [2.75, 3.05) is 19.6 Å². The SMILES string of the molecule is O[C@@H]1CN(C/C=C/c2ccc(F)cc2)CC[C@H]1Oc1cccc2cnccc12. The number of aliphatic hydroxyl groups is 1. The maximum absolute atomic E-state index is 12.9. The largest absolute Gasteiger partial charge is 0.487 e. The van der Waals surface area contributed by atoms with Crippen molar-refractivity contribution in [2.24, 2.45) is 0 Å². The first-order valence-electron chi connectivity index (χ1n) is 9.51. The van der Waals surface area contributed by atoms with Crippen LogP contribution in [-0.4, -0.2) is 46.8 Å². The van der Waals surface area contributed by atoms with E-state index in [1.54, 1.807) is 18.3 Å². The Kier molecular flexibility index (Phi) is 5.65. The van der Waals surface area contributed by atoms with Gasteiger partial charge in [0, 0.05) is 42.8 Å². The van der Waals surface area contributed by atoms with Gasteiger partial charge in [0.1, 0.15) is 23.8 Å². The van der Waals surface area contributed by atoms with E-state index in [-0.39, 0.29) is 11.9 Å². The number of likely N-dealkylation sites (tertiary alicyclic amines) is 1. The molecule has 0 amide bonds. The lowest BCUT2D eigenvalue weighted by Crippen LogP contribution is -2.48. The summed E-state index contributed by atoms with van der Waals surface area (Å²) in [6, 6.07) is 14.2. The van der Waals surface area contributed by atoms with Crippen LogP contribution < -0.4 is 4.74 Å². The number of hydrogen-bond acceptors (Lipinski definition) is 4. The van der Waals surface area contributed by atoms with E-state index in [1.807, 2.05) is 42.6 Å². The second kappa shape index (κ2) is 8.50. The molecule has 1 aliphatic rings. The quantitative estimate of drug-likeness (QED) is 0.731. The normalized spacial score (nSPS) is 20.6. The van der Waals surface area contributed by atoms with Gasteiger partial charge in [-0.1, -0.05) is 36.4 Å². The minimum Gasteiger partial charge on any atom is -0.487 e. The molecule has 2 heterocycles. The van der Waals surface area contributed by atoms with Crippen LogP contribution in [0.1, 0.15) is 12.0 Å². The molecular weight excluding hydrogens is 355 g/mol. The highest BCUT2D eigenvalue weighted by Gasteiger charge is 2.29. The first-order chi connectivity index (χ1) is 13.7. The Balaban J connectivity index is 1.34. The minimum atomic E-state index is -0.551. The summed E-state index contributed by atoms with van der Waals surface area (Å²) in [5, 5.41) is 12.6. The standard InChI is InChI=1S/C23H23FN2O2/c24-19-8-6-17(7-9-19)3-2-13-26-14-11-23(21(27)16-26)28-22-5-1-4-18-15-25-12-10-20(18)22/h1-10,12,15,21,23,27H,11,13-14,16H2/b3-2+/t21-,23-/m1/s1. The first kappa shape index (κ1) is 18.6. The Labute approximate surface area is 163 Å². The summed E-state index contributed by atoms with van der Waals surface area (Å²) in [7, 11) is 0. The minimum absolute atomic E-state index is 0.226. The third-order valence-corrected chi connectivity index (χ3v) is 5.07. The van der Waals surface area contributed by atoms with E-state index in [0.29, 0.717) is 6.54 Å². The maximum Gasteiger partial charge on any atom is 0.127 e. The molecule has 2 aromatic carbocycles. The van der Waals surface area contributed by atoms with Gasteiger partial charge in [0.2, 0.25) is 0 Å². The lowest BCUT2D eigenvalue weighted by atomic mass is 10.0. The summed E-state index contributed by atoms with van der Waals surface area (Å²) in [6.07, 6.45) is 7.56. The van der Waals surface area contributed by atoms with Crippen molar-refractivity contribution in [1.82, 2.24) is 9.88 Å². The second-order valence-corrected chi connectivity index (χ2v) is 7.08. The third-order valence-electron chi connectivity index (χ3n) is 5.07. The molecule has 1 aromatic heterocycles. The van der Waals surface area contributed by atoms with E-state index in [4.69, 9.17) is 4.74 Å². The van der Waals surface area contributed by atoms with Gasteiger partial charge in [0.15, 0.2) is 0 Å². The number of halogens is 1. The van der Waals surface area contributed by atoms with Gasteiger partial charge in [-0.05, 0) is 36.2 Å². The molecule has 3 aromatic rings. The summed E-state index contributed by atoms with van der Waals surface area (Å²) in [5.41, 5.74) is 0.964. The van der Waals surface area contributed by atoms with Crippen LogP contribution >= 0.6 is 0 Å². The molecule has 2 atom stereocenters. The van der Waals surface area contributed by atoms with Gasteiger partial charge in [-0.15, -0.1) is 0 Å². The van der Waals surface area contributed by atoms with Gasteiger partial charge in [-0.2, -0.15) is 0 Å². The zero-order valence-electron chi connectivity index (χ0n) is 15.5. The number of nitrogens with zero attached hydrogens (tertiary/aromatic N) is 2. The van der Waals surface area contributed by atoms with E-state index < -0.39 is 6.10 Å². The molecule has 28 heavy (non-hydrogen) atoms. The van der Waals surface area contributed by atoms with Gasteiger partial charge < -0.3 is 9.84 Å². The van der Waals surface area contributed by atoms with Crippen LogP contribution in [0.5, 0.6) is 5.75 Å². The van der Waals surface area contributed by atoms with E-state index >= 15 is 0 Å². The number of ether oxygens (including phenoxy) is 1. The van der Waals surface area contributed by atoms with Gasteiger partial charge in [-0.3, -0.25) is 9.88 Å². The van der Waals surface area contributed by atoms with E-state index in [1.165, 1.54) is 12.1 Å². The molecule has 1 fully saturated rings. The average Bonchev–Trinajstić information content (AvgIpc) is 2.72. The summed E-state index contributed by atoms with van der Waals surface area (Å²) < 4.78 is 19.1. The molecule has 144 valence electrons. The van der Waals surface area contributed by atoms with Crippen LogP contribution in [0.25, 0.3) is 16.8 Å². The molecule has 5 heteroatoms. The monoisotopic (exact) mass is 378 g/mol. The van der Waals surface area contributed by atoms with Crippen molar-refractivity contribution in [1.29, 1.82) is 0 Å². The number of fused-ring (bicyclic) bond motifs is 1. The number of aromatic nitrogens is 1. The molecule has 1 N–H and O–H groups in total. The highest BCUT2D eigenvalue weighted by molar-refractivity contribution is 5.87. The molecule has 4 nitrogen and oxygen atoms in total. The fraction of sp³-hybridized carbons (Fsp3) is 0.261. The van der Waals surface area contributed by atoms with Crippen molar-refractivity contribution in [3.63, 3.8) is 0 Å². The lowest BCUT2D eigenvalue weighted by molar-refractivity contribution is -0.0214. The number of benzene rings is 2. The number of aliphatic hydroxyl groups excluding tert-OH is 1. The van der Waals surface area contributed by atoms with Crippen LogP contribution in [0.3, 0.4) is 0 Å². The van der Waals surface area contributed by atoms with Crippen LogP contribution in [-0.2, 0) is 0 Å². The second-order valence-electron chi connectivity index (χ2n) is 7.08. The van der Waals surface area contributed by atoms with Gasteiger partial charge in [0.05, 0.1) is 0 Å². The molecular formula is C23H23FN2O2. The molecule has 0 aliphatic carbocycles. The highest BCUT2D eigenvalue weighted by atomic mass is 19.1. The summed E-state index contributed by atoms with van der Waals surface area (Å²) in [6.45, 7) is 2.15. The number of pyridine rings is 1. The Morgan fingerprint density at radius 3 is 2.86 bits per heavy atom. The first-order valence-corrected chi connectivity index (χ1v) is 9.51. The molecule has 1 aliphatic heterocycles. The van der Waals surface area contributed by atoms with Crippen LogP contribution in [0, 0.1) is 5.82 Å². The van der Waals surface area contributed by atoms with Crippen LogP contribution in [0.4, 0.5) is 4.39 Å².